The molecule has 3 heterocycles. The first kappa shape index (κ1) is 23.1. The number of oxime groups is 1. The van der Waals surface area contributed by atoms with Gasteiger partial charge in [-0.2, -0.15) is 0 Å². The number of nitrogens with zero attached hydrogens (tertiary/aromatic N) is 4. The second-order valence-corrected chi connectivity index (χ2v) is 10.9. The van der Waals surface area contributed by atoms with Gasteiger partial charge < -0.3 is 9.40 Å². The van der Waals surface area contributed by atoms with Crippen molar-refractivity contribution < 1.29 is 9.63 Å². The van der Waals surface area contributed by atoms with E-state index in [1.165, 1.54) is 34.9 Å². The number of likely N-dealkylation sites (tertiary alicyclic amines) is 1. The highest BCUT2D eigenvalue weighted by Gasteiger charge is 2.42. The van der Waals surface area contributed by atoms with Gasteiger partial charge in [-0.25, -0.2) is 0 Å². The minimum absolute atomic E-state index is 0.254. The van der Waals surface area contributed by atoms with E-state index >= 15 is 0 Å². The summed E-state index contributed by atoms with van der Waals surface area (Å²) in [5, 5.41) is 8.37. The zero-order valence-corrected chi connectivity index (χ0v) is 20.9. The second-order valence-electron chi connectivity index (χ2n) is 10.9. The van der Waals surface area contributed by atoms with Crippen molar-refractivity contribution in [2.75, 3.05) is 13.1 Å². The Bertz CT molecular complexity index is 1340. The first-order chi connectivity index (χ1) is 17.5. The molecule has 7 heteroatoms. The van der Waals surface area contributed by atoms with Crippen molar-refractivity contribution in [1.29, 1.82) is 0 Å². The highest BCUT2D eigenvalue weighted by Crippen LogP contribution is 2.45. The van der Waals surface area contributed by atoms with Gasteiger partial charge >= 0.3 is 5.91 Å². The predicted octanol–water partition coefficient (Wildman–Crippen LogP) is 6.17. The van der Waals surface area contributed by atoms with Gasteiger partial charge in [0.25, 0.3) is 0 Å². The van der Waals surface area contributed by atoms with Crippen molar-refractivity contribution in [3.05, 3.63) is 75.8 Å². The molecule has 0 unspecified atom stereocenters. The average Bonchev–Trinajstić information content (AvgIpc) is 3.57. The quantitative estimate of drug-likeness (QED) is 0.392. The standard InChI is InChI=1S/C29H32N4O3/c1-19(2)33-18-23(27-24(20-6-7-20)4-3-5-26(27)33)17-32-14-12-29(13-15-32)16-25(31-36-29)21-8-10-22(11-9-21)28(34)30-35/h3-5,8-11,18-20H,6-7,12-17H2,1-2H3. The van der Waals surface area contributed by atoms with E-state index in [0.717, 1.165) is 56.1 Å². The van der Waals surface area contributed by atoms with Crippen molar-refractivity contribution >= 4 is 22.5 Å². The minimum Gasteiger partial charge on any atom is -0.388 e. The summed E-state index contributed by atoms with van der Waals surface area (Å²) in [5.74, 6) is -0.0276. The second kappa shape index (κ2) is 8.96. The molecule has 186 valence electrons. The van der Waals surface area contributed by atoms with E-state index in [4.69, 9.17) is 4.84 Å². The summed E-state index contributed by atoms with van der Waals surface area (Å²) >= 11 is 0. The Balaban J connectivity index is 1.14. The first-order valence-corrected chi connectivity index (χ1v) is 13.0. The van der Waals surface area contributed by atoms with Gasteiger partial charge in [-0.1, -0.05) is 29.4 Å². The van der Waals surface area contributed by atoms with Crippen molar-refractivity contribution in [2.45, 2.75) is 70.1 Å². The summed E-state index contributed by atoms with van der Waals surface area (Å²) in [7, 11) is 0. The normalized spacial score (nSPS) is 19.6. The Morgan fingerprint density at radius 1 is 1.14 bits per heavy atom. The molecular formula is C29H32N4O3. The number of carbonyl (C=O) groups is 1. The van der Waals surface area contributed by atoms with E-state index in [-0.39, 0.29) is 5.60 Å². The summed E-state index contributed by atoms with van der Waals surface area (Å²) in [5.41, 5.74) is 6.20. The molecule has 7 nitrogen and oxygen atoms in total. The molecule has 1 saturated heterocycles. The van der Waals surface area contributed by atoms with Crippen LogP contribution in [-0.4, -0.2) is 39.8 Å². The lowest BCUT2D eigenvalue weighted by atomic mass is 9.85. The summed E-state index contributed by atoms with van der Waals surface area (Å²) in [6, 6.07) is 14.2. The summed E-state index contributed by atoms with van der Waals surface area (Å²) in [6.07, 6.45) is 7.63. The zero-order valence-electron chi connectivity index (χ0n) is 20.9. The number of hydrogen-bond donors (Lipinski definition) is 0. The Hall–Kier alpha value is -3.32. The van der Waals surface area contributed by atoms with Crippen LogP contribution in [0.3, 0.4) is 0 Å². The van der Waals surface area contributed by atoms with Crippen molar-refractivity contribution in [1.82, 2.24) is 9.47 Å². The number of benzene rings is 2. The lowest BCUT2D eigenvalue weighted by Gasteiger charge is -2.37. The van der Waals surface area contributed by atoms with Crippen molar-refractivity contribution in [3.8, 4) is 0 Å². The molecule has 36 heavy (non-hydrogen) atoms. The molecule has 0 atom stereocenters. The topological polar surface area (TPSA) is 76.3 Å². The molecule has 0 N–H and O–H groups in total. The number of amides is 1. The highest BCUT2D eigenvalue weighted by molar-refractivity contribution is 6.03. The van der Waals surface area contributed by atoms with Crippen LogP contribution in [0.5, 0.6) is 0 Å². The van der Waals surface area contributed by atoms with Crippen molar-refractivity contribution in [3.63, 3.8) is 0 Å². The molecule has 1 spiro atoms. The third kappa shape index (κ3) is 4.15. The molecule has 2 fully saturated rings. The number of rotatable bonds is 6. The van der Waals surface area contributed by atoms with Gasteiger partial charge in [0, 0.05) is 72.8 Å². The maximum absolute atomic E-state index is 11.5. The van der Waals surface area contributed by atoms with Crippen LogP contribution < -0.4 is 0 Å². The summed E-state index contributed by atoms with van der Waals surface area (Å²) < 4.78 is 2.44. The smallest absolute Gasteiger partial charge is 0.316 e. The lowest BCUT2D eigenvalue weighted by molar-refractivity contribution is -0.0626. The number of aromatic nitrogens is 1. The maximum atomic E-state index is 11.5. The predicted molar refractivity (Wildman–Crippen MR) is 140 cm³/mol. The van der Waals surface area contributed by atoms with Crippen LogP contribution in [-0.2, 0) is 11.4 Å². The maximum Gasteiger partial charge on any atom is 0.316 e. The monoisotopic (exact) mass is 484 g/mol. The molecule has 3 aromatic rings. The average molecular weight is 485 g/mol. The van der Waals surface area contributed by atoms with Crippen LogP contribution in [0.4, 0.5) is 0 Å². The van der Waals surface area contributed by atoms with Gasteiger partial charge in [0.1, 0.15) is 5.60 Å². The molecule has 2 aromatic carbocycles. The molecular weight excluding hydrogens is 452 g/mol. The Morgan fingerprint density at radius 2 is 1.89 bits per heavy atom. The number of piperidine rings is 1. The molecule has 1 aliphatic carbocycles. The fraction of sp³-hybridized carbons (Fsp3) is 0.448. The van der Waals surface area contributed by atoms with Crippen LogP contribution in [0, 0.1) is 4.91 Å². The third-order valence-corrected chi connectivity index (χ3v) is 8.09. The van der Waals surface area contributed by atoms with Crippen molar-refractivity contribution in [2.24, 2.45) is 10.3 Å². The van der Waals surface area contributed by atoms with E-state index in [0.29, 0.717) is 11.6 Å². The van der Waals surface area contributed by atoms with Gasteiger partial charge in [0.15, 0.2) is 0 Å². The fourth-order valence-corrected chi connectivity index (χ4v) is 5.87. The summed E-state index contributed by atoms with van der Waals surface area (Å²) in [6.45, 7) is 7.43. The number of hydrogen-bond acceptors (Lipinski definition) is 5. The number of nitroso groups, excluding NO2 is 1. The van der Waals surface area contributed by atoms with Gasteiger partial charge in [-0.05, 0) is 67.5 Å². The van der Waals surface area contributed by atoms with Gasteiger partial charge in [-0.3, -0.25) is 9.69 Å². The van der Waals surface area contributed by atoms with Crippen LogP contribution in [0.2, 0.25) is 0 Å². The fourth-order valence-electron chi connectivity index (χ4n) is 5.87. The molecule has 0 radical (unpaired) electrons. The molecule has 0 bridgehead atoms. The molecule has 1 saturated carbocycles. The van der Waals surface area contributed by atoms with Gasteiger partial charge in [0.2, 0.25) is 0 Å². The third-order valence-electron chi connectivity index (χ3n) is 8.09. The van der Waals surface area contributed by atoms with E-state index in [2.05, 4.69) is 58.0 Å². The SMILES string of the molecule is CC(C)n1cc(CN2CCC3(CC2)CC(c2ccc(C(=O)N=O)cc2)=NO3)c2c(C3CC3)cccc21. The zero-order chi connectivity index (χ0) is 24.9. The number of carbonyl (C=O) groups excluding carboxylic acids is 1. The Labute approximate surface area is 211 Å². The van der Waals surface area contributed by atoms with Gasteiger partial charge in [0.05, 0.1) is 5.71 Å². The van der Waals surface area contributed by atoms with E-state index in [1.54, 1.807) is 12.1 Å². The van der Waals surface area contributed by atoms with Gasteiger partial charge in [-0.15, -0.1) is 4.91 Å². The lowest BCUT2D eigenvalue weighted by Crippen LogP contribution is -2.44. The molecule has 6 rings (SSSR count). The van der Waals surface area contributed by atoms with Crippen LogP contribution >= 0.6 is 0 Å². The number of fused-ring (bicyclic) bond motifs is 1. The molecule has 3 aliphatic rings. The largest absolute Gasteiger partial charge is 0.388 e. The summed E-state index contributed by atoms with van der Waals surface area (Å²) in [4.78, 5) is 30.5. The molecule has 1 aromatic heterocycles. The van der Waals surface area contributed by atoms with Crippen LogP contribution in [0.1, 0.15) is 85.0 Å². The first-order valence-electron chi connectivity index (χ1n) is 13.0. The molecule has 1 amide bonds. The highest BCUT2D eigenvalue weighted by atomic mass is 16.7. The van der Waals surface area contributed by atoms with E-state index in [9.17, 15) is 9.70 Å². The van der Waals surface area contributed by atoms with E-state index < -0.39 is 5.91 Å². The van der Waals surface area contributed by atoms with Crippen LogP contribution in [0.25, 0.3) is 10.9 Å². The van der Waals surface area contributed by atoms with E-state index in [1.807, 2.05) is 12.1 Å². The Morgan fingerprint density at radius 3 is 2.56 bits per heavy atom. The Kier molecular flexibility index (Phi) is 5.75. The molecule has 2 aliphatic heterocycles. The van der Waals surface area contributed by atoms with Crippen LogP contribution in [0.15, 0.2) is 59.0 Å². The minimum atomic E-state index is -0.754.